The molecule has 2 N–H and O–H groups in total. The number of phenolic OH excluding ortho intramolecular Hbond substituents is 1. The van der Waals surface area contributed by atoms with Gasteiger partial charge in [0.1, 0.15) is 0 Å². The number of hydrogen-bond acceptors (Lipinski definition) is 7. The minimum Gasteiger partial charge on any atom is -0.502 e. The van der Waals surface area contributed by atoms with Crippen LogP contribution in [-0.4, -0.2) is 24.4 Å². The van der Waals surface area contributed by atoms with Crippen molar-refractivity contribution in [3.8, 4) is 5.75 Å². The summed E-state index contributed by atoms with van der Waals surface area (Å²) in [5.74, 6) is -1.03. The molecule has 0 aliphatic carbocycles. The molecule has 0 saturated carbocycles. The van der Waals surface area contributed by atoms with Gasteiger partial charge in [-0.15, -0.1) is 0 Å². The number of nitrogens with one attached hydrogen (secondary N) is 1. The summed E-state index contributed by atoms with van der Waals surface area (Å²) in [4.78, 5) is 23.8. The van der Waals surface area contributed by atoms with Crippen LogP contribution in [0.2, 0.25) is 0 Å². The van der Waals surface area contributed by atoms with Crippen LogP contribution in [0.3, 0.4) is 0 Å². The molecule has 0 aromatic heterocycles. The van der Waals surface area contributed by atoms with Crippen molar-refractivity contribution in [2.75, 3.05) is 5.32 Å². The molecule has 10 heteroatoms. The third-order valence-corrected chi connectivity index (χ3v) is 8.20. The van der Waals surface area contributed by atoms with Crippen molar-refractivity contribution in [1.29, 1.82) is 0 Å². The van der Waals surface area contributed by atoms with Crippen LogP contribution >= 0.6 is 11.8 Å². The van der Waals surface area contributed by atoms with E-state index in [-0.39, 0.29) is 15.6 Å². The molecule has 0 unspecified atom stereocenters. The average molecular weight is 497 g/mol. The molecule has 174 valence electrons. The van der Waals surface area contributed by atoms with Gasteiger partial charge in [0.2, 0.25) is 0 Å². The number of phenols is 1. The number of benzene rings is 3. The molecule has 1 heterocycles. The Hall–Kier alpha value is -3.63. The Labute approximate surface area is 200 Å². The lowest BCUT2D eigenvalue weighted by molar-refractivity contribution is -0.385. The maximum atomic E-state index is 13.2. The maximum absolute atomic E-state index is 13.2. The highest BCUT2D eigenvalue weighted by Gasteiger charge is 2.25. The largest absolute Gasteiger partial charge is 0.502 e. The van der Waals surface area contributed by atoms with E-state index < -0.39 is 32.1 Å². The lowest BCUT2D eigenvalue weighted by atomic mass is 10.1. The minimum atomic E-state index is -3.65. The molecule has 3 aromatic carbocycles. The summed E-state index contributed by atoms with van der Waals surface area (Å²) in [6.45, 7) is 3.75. The van der Waals surface area contributed by atoms with E-state index in [2.05, 4.69) is 5.32 Å². The van der Waals surface area contributed by atoms with E-state index in [0.29, 0.717) is 16.1 Å². The van der Waals surface area contributed by atoms with Crippen LogP contribution in [0.5, 0.6) is 5.75 Å². The van der Waals surface area contributed by atoms with Gasteiger partial charge >= 0.3 is 5.69 Å². The third kappa shape index (κ3) is 4.68. The summed E-state index contributed by atoms with van der Waals surface area (Å²) in [5, 5.41) is 23.4. The van der Waals surface area contributed by atoms with Gasteiger partial charge in [-0.3, -0.25) is 14.9 Å². The fraction of sp³-hybridized carbons (Fsp3) is 0.125. The summed E-state index contributed by atoms with van der Waals surface area (Å²) < 4.78 is 26.3. The third-order valence-electron chi connectivity index (χ3n) is 5.48. The quantitative estimate of drug-likeness (QED) is 0.290. The van der Waals surface area contributed by atoms with E-state index in [1.165, 1.54) is 30.3 Å². The fourth-order valence-electron chi connectivity index (χ4n) is 3.61. The second-order valence-corrected chi connectivity index (χ2v) is 10.9. The summed E-state index contributed by atoms with van der Waals surface area (Å²) in [6, 6.07) is 14.0. The first kappa shape index (κ1) is 23.5. The van der Waals surface area contributed by atoms with E-state index in [0.717, 1.165) is 34.5 Å². The van der Waals surface area contributed by atoms with Gasteiger partial charge in [-0.25, -0.2) is 8.42 Å². The SMILES string of the molecule is Cc1cccc(C)c1CS(=O)(=O)c1ccc2c(c1)SC(=Cc1ccc(O)c([N+](=O)[O-])c1)C(=O)N2. The zero-order valence-electron chi connectivity index (χ0n) is 18.2. The number of amides is 1. The number of hydrogen-bond donors (Lipinski definition) is 2. The highest BCUT2D eigenvalue weighted by molar-refractivity contribution is 8.04. The number of anilines is 1. The standard InChI is InChI=1S/C24H20N2O6S2/c1-14-4-3-5-15(2)18(14)13-34(31,32)17-7-8-19-22(12-17)33-23(24(28)25-19)11-16-6-9-21(27)20(10-16)26(29)30/h3-12,27H,13H2,1-2H3,(H,25,28). The first-order valence-electron chi connectivity index (χ1n) is 10.2. The molecule has 34 heavy (non-hydrogen) atoms. The van der Waals surface area contributed by atoms with Gasteiger partial charge in [-0.05, 0) is 66.4 Å². The van der Waals surface area contributed by atoms with Gasteiger partial charge < -0.3 is 10.4 Å². The Balaban J connectivity index is 1.67. The van der Waals surface area contributed by atoms with Crippen LogP contribution in [-0.2, 0) is 20.4 Å². The Bertz CT molecular complexity index is 1460. The number of nitro groups is 1. The Morgan fingerprint density at radius 3 is 2.47 bits per heavy atom. The number of aromatic hydroxyl groups is 1. The minimum absolute atomic E-state index is 0.136. The second kappa shape index (κ2) is 8.96. The van der Waals surface area contributed by atoms with Gasteiger partial charge in [0, 0.05) is 11.0 Å². The normalized spacial score (nSPS) is 14.5. The van der Waals surface area contributed by atoms with Gasteiger partial charge in [0.15, 0.2) is 15.6 Å². The zero-order chi connectivity index (χ0) is 24.6. The fourth-order valence-corrected chi connectivity index (χ4v) is 6.25. The van der Waals surface area contributed by atoms with E-state index in [9.17, 15) is 28.4 Å². The molecule has 3 aromatic rings. The number of carbonyl (C=O) groups is 1. The van der Waals surface area contributed by atoms with Crippen molar-refractivity contribution in [3.05, 3.63) is 91.9 Å². The summed E-state index contributed by atoms with van der Waals surface area (Å²) in [7, 11) is -3.65. The van der Waals surface area contributed by atoms with Crippen LogP contribution in [0, 0.1) is 24.0 Å². The van der Waals surface area contributed by atoms with E-state index in [1.54, 1.807) is 6.07 Å². The maximum Gasteiger partial charge on any atom is 0.311 e. The Morgan fingerprint density at radius 1 is 1.09 bits per heavy atom. The van der Waals surface area contributed by atoms with Gasteiger partial charge in [0.05, 0.1) is 26.2 Å². The smallest absolute Gasteiger partial charge is 0.311 e. The number of fused-ring (bicyclic) bond motifs is 1. The molecule has 8 nitrogen and oxygen atoms in total. The predicted molar refractivity (Wildman–Crippen MR) is 130 cm³/mol. The molecule has 1 amide bonds. The number of carbonyl (C=O) groups excluding carboxylic acids is 1. The van der Waals surface area contributed by atoms with Crippen LogP contribution in [0.15, 0.2) is 69.3 Å². The van der Waals surface area contributed by atoms with Gasteiger partial charge in [0.25, 0.3) is 5.91 Å². The molecule has 1 aliphatic rings. The number of nitrogens with zero attached hydrogens (tertiary/aromatic N) is 1. The van der Waals surface area contributed by atoms with Crippen molar-refractivity contribution < 1.29 is 23.2 Å². The van der Waals surface area contributed by atoms with Crippen molar-refractivity contribution in [2.24, 2.45) is 0 Å². The number of rotatable bonds is 5. The topological polar surface area (TPSA) is 127 Å². The van der Waals surface area contributed by atoms with Gasteiger partial charge in [-0.1, -0.05) is 36.0 Å². The summed E-state index contributed by atoms with van der Waals surface area (Å²) in [5.41, 5.74) is 2.92. The average Bonchev–Trinajstić information content (AvgIpc) is 2.77. The molecule has 0 bridgehead atoms. The molecular weight excluding hydrogens is 476 g/mol. The zero-order valence-corrected chi connectivity index (χ0v) is 19.9. The molecule has 0 atom stereocenters. The lowest BCUT2D eigenvalue weighted by Crippen LogP contribution is -2.18. The second-order valence-electron chi connectivity index (χ2n) is 7.86. The first-order chi connectivity index (χ1) is 16.0. The molecule has 0 radical (unpaired) electrons. The van der Waals surface area contributed by atoms with Gasteiger partial charge in [-0.2, -0.15) is 0 Å². The van der Waals surface area contributed by atoms with Crippen LogP contribution < -0.4 is 5.32 Å². The highest BCUT2D eigenvalue weighted by atomic mass is 32.2. The number of thioether (sulfide) groups is 1. The van der Waals surface area contributed by atoms with Crippen molar-refractivity contribution in [3.63, 3.8) is 0 Å². The highest BCUT2D eigenvalue weighted by Crippen LogP contribution is 2.41. The Kier molecular flexibility index (Phi) is 6.20. The van der Waals surface area contributed by atoms with Crippen LogP contribution in [0.1, 0.15) is 22.3 Å². The molecule has 1 aliphatic heterocycles. The predicted octanol–water partition coefficient (Wildman–Crippen LogP) is 4.98. The molecule has 0 fully saturated rings. The van der Waals surface area contributed by atoms with Crippen molar-refractivity contribution in [1.82, 2.24) is 0 Å². The Morgan fingerprint density at radius 2 is 1.79 bits per heavy atom. The van der Waals surface area contributed by atoms with Crippen LogP contribution in [0.25, 0.3) is 6.08 Å². The van der Waals surface area contributed by atoms with E-state index in [1.807, 2.05) is 32.0 Å². The summed E-state index contributed by atoms with van der Waals surface area (Å²) in [6.07, 6.45) is 1.45. The number of nitro benzene ring substituents is 1. The number of aryl methyl sites for hydroxylation is 2. The van der Waals surface area contributed by atoms with Crippen molar-refractivity contribution >= 4 is 45.0 Å². The van der Waals surface area contributed by atoms with E-state index in [4.69, 9.17) is 0 Å². The number of sulfone groups is 1. The van der Waals surface area contributed by atoms with Crippen molar-refractivity contribution in [2.45, 2.75) is 29.4 Å². The molecular formula is C24H20N2O6S2. The summed E-state index contributed by atoms with van der Waals surface area (Å²) >= 11 is 1.07. The first-order valence-corrected chi connectivity index (χ1v) is 12.6. The molecule has 0 spiro atoms. The molecule has 0 saturated heterocycles. The van der Waals surface area contributed by atoms with E-state index >= 15 is 0 Å². The molecule has 4 rings (SSSR count). The van der Waals surface area contributed by atoms with Crippen LogP contribution in [0.4, 0.5) is 11.4 Å². The monoisotopic (exact) mass is 496 g/mol. The lowest BCUT2D eigenvalue weighted by Gasteiger charge is -2.20.